The van der Waals surface area contributed by atoms with Crippen LogP contribution in [0.5, 0.6) is 0 Å². The van der Waals surface area contributed by atoms with Crippen LogP contribution < -0.4 is 5.32 Å². The Morgan fingerprint density at radius 2 is 1.87 bits per heavy atom. The van der Waals surface area contributed by atoms with Gasteiger partial charge in [-0.1, -0.05) is 51.4 Å². The van der Waals surface area contributed by atoms with E-state index in [1.54, 1.807) is 6.92 Å². The Hall–Kier alpha value is -2.40. The molecule has 0 spiro atoms. The summed E-state index contributed by atoms with van der Waals surface area (Å²) in [5.74, 6) is 0.263. The molecule has 1 N–H and O–H groups in total. The Balaban J connectivity index is 1.94. The number of carbonyl (C=O) groups excluding carboxylic acids is 1. The van der Waals surface area contributed by atoms with Crippen molar-refractivity contribution in [2.24, 2.45) is 0 Å². The van der Waals surface area contributed by atoms with Crippen LogP contribution in [0.4, 0.5) is 5.69 Å². The molecule has 23 heavy (non-hydrogen) atoms. The third-order valence-electron chi connectivity index (χ3n) is 3.55. The van der Waals surface area contributed by atoms with Crippen molar-refractivity contribution < 1.29 is 9.32 Å². The summed E-state index contributed by atoms with van der Waals surface area (Å²) in [6.45, 7) is 3.71. The number of rotatable bonds is 3. The molecule has 0 aliphatic rings. The number of aryl methyl sites for hydroxylation is 2. The number of nitrogens with one attached hydrogen (secondary N) is 1. The largest absolute Gasteiger partial charge is 0.360 e. The summed E-state index contributed by atoms with van der Waals surface area (Å²) < 4.78 is 6.23. The highest BCUT2D eigenvalue weighted by Crippen LogP contribution is 2.26. The lowest BCUT2D eigenvalue weighted by molar-refractivity contribution is 0.102. The zero-order chi connectivity index (χ0) is 16.4. The lowest BCUT2D eigenvalue weighted by atomic mass is 10.1. The number of anilines is 1. The molecular formula is C18H15BrN2O2. The molecule has 1 heterocycles. The van der Waals surface area contributed by atoms with E-state index in [4.69, 9.17) is 4.52 Å². The molecular weight excluding hydrogens is 356 g/mol. The fraction of sp³-hybridized carbons (Fsp3) is 0.111. The topological polar surface area (TPSA) is 55.1 Å². The molecule has 0 radical (unpaired) electrons. The van der Waals surface area contributed by atoms with E-state index >= 15 is 0 Å². The molecule has 0 unspecified atom stereocenters. The van der Waals surface area contributed by atoms with Gasteiger partial charge in [0.15, 0.2) is 0 Å². The SMILES string of the molecule is Cc1cc(NC(=O)c2c(-c3ccccc3)noc2C)ccc1Br. The van der Waals surface area contributed by atoms with E-state index in [-0.39, 0.29) is 5.91 Å². The Bertz CT molecular complexity index is 857. The van der Waals surface area contributed by atoms with Crippen LogP contribution in [-0.2, 0) is 0 Å². The van der Waals surface area contributed by atoms with Crippen molar-refractivity contribution in [1.29, 1.82) is 0 Å². The van der Waals surface area contributed by atoms with Crippen LogP contribution in [0.25, 0.3) is 11.3 Å². The van der Waals surface area contributed by atoms with Gasteiger partial charge in [0.2, 0.25) is 0 Å². The van der Waals surface area contributed by atoms with E-state index in [1.807, 2.05) is 55.5 Å². The average molecular weight is 371 g/mol. The number of hydrogen-bond donors (Lipinski definition) is 1. The van der Waals surface area contributed by atoms with Crippen LogP contribution in [-0.4, -0.2) is 11.1 Å². The first-order valence-electron chi connectivity index (χ1n) is 7.15. The molecule has 0 aliphatic carbocycles. The van der Waals surface area contributed by atoms with Crippen LogP contribution >= 0.6 is 15.9 Å². The first-order valence-corrected chi connectivity index (χ1v) is 7.95. The summed E-state index contributed by atoms with van der Waals surface area (Å²) in [6, 6.07) is 15.2. The van der Waals surface area contributed by atoms with Gasteiger partial charge in [0.25, 0.3) is 5.91 Å². The number of hydrogen-bond acceptors (Lipinski definition) is 3. The zero-order valence-electron chi connectivity index (χ0n) is 12.8. The maximum atomic E-state index is 12.7. The molecule has 1 amide bonds. The number of nitrogens with zero attached hydrogens (tertiary/aromatic N) is 1. The van der Waals surface area contributed by atoms with Gasteiger partial charge in [-0.2, -0.15) is 0 Å². The summed E-state index contributed by atoms with van der Waals surface area (Å²) >= 11 is 3.45. The molecule has 1 aromatic heterocycles. The van der Waals surface area contributed by atoms with Crippen LogP contribution in [0.1, 0.15) is 21.7 Å². The maximum Gasteiger partial charge on any atom is 0.261 e. The monoisotopic (exact) mass is 370 g/mol. The van der Waals surface area contributed by atoms with Crippen molar-refractivity contribution in [1.82, 2.24) is 5.16 Å². The minimum atomic E-state index is -0.232. The van der Waals surface area contributed by atoms with E-state index in [0.717, 1.165) is 21.3 Å². The normalized spacial score (nSPS) is 10.6. The smallest absolute Gasteiger partial charge is 0.261 e. The second-order valence-corrected chi connectivity index (χ2v) is 6.10. The summed E-state index contributed by atoms with van der Waals surface area (Å²) in [5, 5.41) is 6.94. The van der Waals surface area contributed by atoms with Crippen molar-refractivity contribution in [3.63, 3.8) is 0 Å². The van der Waals surface area contributed by atoms with Crippen LogP contribution in [0, 0.1) is 13.8 Å². The molecule has 2 aromatic carbocycles. The number of halogens is 1. The highest BCUT2D eigenvalue weighted by atomic mass is 79.9. The Kier molecular flexibility index (Phi) is 4.30. The van der Waals surface area contributed by atoms with E-state index in [0.29, 0.717) is 17.0 Å². The van der Waals surface area contributed by atoms with Crippen molar-refractivity contribution in [2.45, 2.75) is 13.8 Å². The minimum Gasteiger partial charge on any atom is -0.360 e. The second-order valence-electron chi connectivity index (χ2n) is 5.25. The van der Waals surface area contributed by atoms with Gasteiger partial charge in [0.05, 0.1) is 0 Å². The van der Waals surface area contributed by atoms with Gasteiger partial charge in [-0.15, -0.1) is 0 Å². The summed E-state index contributed by atoms with van der Waals surface area (Å²) in [6.07, 6.45) is 0. The summed E-state index contributed by atoms with van der Waals surface area (Å²) in [7, 11) is 0. The van der Waals surface area contributed by atoms with Crippen LogP contribution in [0.2, 0.25) is 0 Å². The molecule has 0 atom stereocenters. The van der Waals surface area contributed by atoms with Crippen molar-refractivity contribution >= 4 is 27.5 Å². The van der Waals surface area contributed by atoms with E-state index in [9.17, 15) is 4.79 Å². The lowest BCUT2D eigenvalue weighted by Crippen LogP contribution is -2.13. The molecule has 0 saturated heterocycles. The van der Waals surface area contributed by atoms with Gasteiger partial charge in [-0.25, -0.2) is 0 Å². The fourth-order valence-electron chi connectivity index (χ4n) is 2.35. The number of carbonyl (C=O) groups is 1. The molecule has 116 valence electrons. The predicted molar refractivity (Wildman–Crippen MR) is 93.5 cm³/mol. The van der Waals surface area contributed by atoms with Crippen LogP contribution in [0.15, 0.2) is 57.5 Å². The fourth-order valence-corrected chi connectivity index (χ4v) is 2.60. The molecule has 3 rings (SSSR count). The van der Waals surface area contributed by atoms with E-state index in [2.05, 4.69) is 26.4 Å². The molecule has 0 fully saturated rings. The Morgan fingerprint density at radius 3 is 2.57 bits per heavy atom. The van der Waals surface area contributed by atoms with Gasteiger partial charge in [-0.05, 0) is 37.6 Å². The molecule has 4 nitrogen and oxygen atoms in total. The minimum absolute atomic E-state index is 0.232. The van der Waals surface area contributed by atoms with E-state index < -0.39 is 0 Å². The zero-order valence-corrected chi connectivity index (χ0v) is 14.3. The summed E-state index contributed by atoms with van der Waals surface area (Å²) in [4.78, 5) is 12.7. The van der Waals surface area contributed by atoms with Gasteiger partial charge < -0.3 is 9.84 Å². The molecule has 0 aliphatic heterocycles. The first-order chi connectivity index (χ1) is 11.1. The Morgan fingerprint density at radius 1 is 1.13 bits per heavy atom. The van der Waals surface area contributed by atoms with Crippen molar-refractivity contribution in [3.05, 3.63) is 69.9 Å². The number of aromatic nitrogens is 1. The van der Waals surface area contributed by atoms with Crippen molar-refractivity contribution in [2.75, 3.05) is 5.32 Å². The maximum absolute atomic E-state index is 12.7. The lowest BCUT2D eigenvalue weighted by Gasteiger charge is -2.07. The number of benzene rings is 2. The quantitative estimate of drug-likeness (QED) is 0.707. The van der Waals surface area contributed by atoms with Gasteiger partial charge in [0, 0.05) is 15.7 Å². The van der Waals surface area contributed by atoms with Crippen LogP contribution in [0.3, 0.4) is 0 Å². The van der Waals surface area contributed by atoms with Gasteiger partial charge in [-0.3, -0.25) is 4.79 Å². The van der Waals surface area contributed by atoms with Crippen molar-refractivity contribution in [3.8, 4) is 11.3 Å². The van der Waals surface area contributed by atoms with E-state index in [1.165, 1.54) is 0 Å². The average Bonchev–Trinajstić information content (AvgIpc) is 2.93. The first kappa shape index (κ1) is 15.5. The highest BCUT2D eigenvalue weighted by Gasteiger charge is 2.21. The van der Waals surface area contributed by atoms with Gasteiger partial charge in [0.1, 0.15) is 17.0 Å². The number of amides is 1. The molecule has 0 bridgehead atoms. The van der Waals surface area contributed by atoms with Gasteiger partial charge >= 0.3 is 0 Å². The molecule has 0 saturated carbocycles. The predicted octanol–water partition coefficient (Wildman–Crippen LogP) is 4.97. The third kappa shape index (κ3) is 3.19. The Labute approximate surface area is 142 Å². The molecule has 3 aromatic rings. The molecule has 5 heteroatoms. The standard InChI is InChI=1S/C18H15BrN2O2/c1-11-10-14(8-9-15(11)19)20-18(22)16-12(2)23-21-17(16)13-6-4-3-5-7-13/h3-10H,1-2H3,(H,20,22). The summed E-state index contributed by atoms with van der Waals surface area (Å²) in [5.41, 5.74) is 3.64. The second kappa shape index (κ2) is 6.38. The highest BCUT2D eigenvalue weighted by molar-refractivity contribution is 9.10. The third-order valence-corrected chi connectivity index (χ3v) is 4.44.